The summed E-state index contributed by atoms with van der Waals surface area (Å²) in [5.74, 6) is -6.20. The number of nitrogens with one attached hydrogen (secondary N) is 1. The number of benzene rings is 3. The topological polar surface area (TPSA) is 108 Å². The molecule has 0 unspecified atom stereocenters. The van der Waals surface area contributed by atoms with Gasteiger partial charge in [-0.05, 0) is 30.3 Å². The second-order valence-electron chi connectivity index (χ2n) is 7.62. The van der Waals surface area contributed by atoms with Crippen LogP contribution in [0.15, 0.2) is 66.7 Å². The zero-order valence-corrected chi connectivity index (χ0v) is 18.7. The van der Waals surface area contributed by atoms with Crippen molar-refractivity contribution in [2.24, 2.45) is 5.92 Å². The first-order valence-corrected chi connectivity index (χ1v) is 10.5. The van der Waals surface area contributed by atoms with Crippen molar-refractivity contribution < 1.29 is 37.8 Å². The van der Waals surface area contributed by atoms with Gasteiger partial charge in [0.15, 0.2) is 5.78 Å². The first kappa shape index (κ1) is 23.6. The quantitative estimate of drug-likeness (QED) is 0.228. The molecule has 35 heavy (non-hydrogen) atoms. The molecule has 0 radical (unpaired) electrons. The van der Waals surface area contributed by atoms with Gasteiger partial charge < -0.3 is 19.5 Å². The number of ketones is 2. The summed E-state index contributed by atoms with van der Waals surface area (Å²) in [5.41, 5.74) is 0.128. The lowest BCUT2D eigenvalue weighted by Crippen LogP contribution is -2.38. The maximum atomic E-state index is 14.5. The monoisotopic (exact) mass is 477 g/mol. The van der Waals surface area contributed by atoms with E-state index in [1.807, 2.05) is 0 Å². The number of fused-ring (bicyclic) bond motifs is 1. The van der Waals surface area contributed by atoms with E-state index in [2.05, 4.69) is 5.32 Å². The lowest BCUT2D eigenvalue weighted by atomic mass is 9.84. The van der Waals surface area contributed by atoms with Crippen LogP contribution in [-0.2, 0) is 14.3 Å². The molecular weight excluding hydrogens is 457 g/mol. The summed E-state index contributed by atoms with van der Waals surface area (Å²) in [6, 6.07) is 15.8. The number of carbonyl (C=O) groups is 4. The van der Waals surface area contributed by atoms with E-state index in [0.717, 1.165) is 6.07 Å². The molecule has 0 aromatic heterocycles. The minimum absolute atomic E-state index is 0.117. The molecule has 178 valence electrons. The Morgan fingerprint density at radius 3 is 2.40 bits per heavy atom. The molecule has 1 N–H and O–H groups in total. The summed E-state index contributed by atoms with van der Waals surface area (Å²) in [6.07, 6.45) is -1.41. The maximum absolute atomic E-state index is 14.5. The highest BCUT2D eigenvalue weighted by Gasteiger charge is 2.46. The number of rotatable bonds is 8. The van der Waals surface area contributed by atoms with Crippen LogP contribution < -0.4 is 14.8 Å². The fourth-order valence-electron chi connectivity index (χ4n) is 3.88. The van der Waals surface area contributed by atoms with E-state index in [9.17, 15) is 23.6 Å². The van der Waals surface area contributed by atoms with Crippen molar-refractivity contribution in [2.75, 3.05) is 19.5 Å². The predicted octanol–water partition coefficient (Wildman–Crippen LogP) is 3.76. The molecule has 0 saturated heterocycles. The number of amides is 1. The molecule has 8 nitrogen and oxygen atoms in total. The van der Waals surface area contributed by atoms with Gasteiger partial charge in [-0.1, -0.05) is 30.3 Å². The molecule has 3 aromatic carbocycles. The minimum Gasteiger partial charge on any atom is -0.497 e. The Hall–Kier alpha value is -4.53. The van der Waals surface area contributed by atoms with Crippen molar-refractivity contribution >= 4 is 29.1 Å². The highest BCUT2D eigenvalue weighted by atomic mass is 19.1. The smallest absolute Gasteiger partial charge is 0.339 e. The number of methoxy groups -OCH3 is 2. The van der Waals surface area contributed by atoms with Gasteiger partial charge in [-0.25, -0.2) is 9.18 Å². The van der Waals surface area contributed by atoms with Gasteiger partial charge in [0, 0.05) is 11.6 Å². The van der Waals surface area contributed by atoms with E-state index in [0.29, 0.717) is 5.75 Å². The third-order valence-electron chi connectivity index (χ3n) is 5.61. The molecule has 1 heterocycles. The van der Waals surface area contributed by atoms with Crippen molar-refractivity contribution in [1.82, 2.24) is 0 Å². The maximum Gasteiger partial charge on any atom is 0.339 e. The zero-order valence-electron chi connectivity index (χ0n) is 18.7. The average molecular weight is 477 g/mol. The van der Waals surface area contributed by atoms with Crippen LogP contribution in [0.2, 0.25) is 0 Å². The van der Waals surface area contributed by atoms with Crippen LogP contribution >= 0.6 is 0 Å². The largest absolute Gasteiger partial charge is 0.497 e. The Morgan fingerprint density at radius 2 is 1.69 bits per heavy atom. The van der Waals surface area contributed by atoms with Crippen LogP contribution in [0, 0.1) is 11.7 Å². The Kier molecular flexibility index (Phi) is 6.59. The van der Waals surface area contributed by atoms with Gasteiger partial charge in [0.2, 0.25) is 5.78 Å². The molecule has 1 aliphatic heterocycles. The molecule has 0 aliphatic carbocycles. The normalized spacial score (nSPS) is 14.9. The molecule has 1 amide bonds. The van der Waals surface area contributed by atoms with E-state index in [4.69, 9.17) is 14.2 Å². The van der Waals surface area contributed by atoms with Crippen molar-refractivity contribution in [3.05, 3.63) is 89.2 Å². The molecule has 3 aromatic rings. The molecule has 0 saturated carbocycles. The van der Waals surface area contributed by atoms with Gasteiger partial charge in [-0.3, -0.25) is 14.4 Å². The summed E-state index contributed by atoms with van der Waals surface area (Å²) in [4.78, 5) is 52.3. The summed E-state index contributed by atoms with van der Waals surface area (Å²) < 4.78 is 30.2. The Bertz CT molecular complexity index is 1340. The Labute approximate surface area is 199 Å². The Balaban J connectivity index is 1.74. The number of hydrogen-bond donors (Lipinski definition) is 1. The van der Waals surface area contributed by atoms with Crippen molar-refractivity contribution in [2.45, 2.75) is 6.10 Å². The summed E-state index contributed by atoms with van der Waals surface area (Å²) >= 11 is 0. The number of carbonyl (C=O) groups excluding carboxylic acids is 4. The lowest BCUT2D eigenvalue weighted by molar-refractivity contribution is -0.138. The van der Waals surface area contributed by atoms with E-state index in [-0.39, 0.29) is 22.6 Å². The van der Waals surface area contributed by atoms with Gasteiger partial charge >= 0.3 is 5.97 Å². The highest BCUT2D eigenvalue weighted by molar-refractivity contribution is 6.45. The first-order valence-electron chi connectivity index (χ1n) is 10.5. The van der Waals surface area contributed by atoms with Crippen molar-refractivity contribution in [3.8, 4) is 11.5 Å². The SMILES string of the molecule is COc1ccc(OC)c(NC(=O)C(=O)[C@H](C(=O)c2ccccc2F)[C@H]2OC(=O)c3ccccc32)c1. The third kappa shape index (κ3) is 4.48. The first-order chi connectivity index (χ1) is 16.8. The molecular formula is C26H20FNO7. The van der Waals surface area contributed by atoms with Gasteiger partial charge in [-0.2, -0.15) is 0 Å². The number of cyclic esters (lactones) is 1. The van der Waals surface area contributed by atoms with Crippen molar-refractivity contribution in [3.63, 3.8) is 0 Å². The molecule has 1 aliphatic rings. The molecule has 0 fully saturated rings. The Morgan fingerprint density at radius 1 is 0.971 bits per heavy atom. The fraction of sp³-hybridized carbons (Fsp3) is 0.154. The number of halogens is 1. The number of ether oxygens (including phenoxy) is 3. The van der Waals surface area contributed by atoms with Gasteiger partial charge in [0.25, 0.3) is 5.91 Å². The fourth-order valence-corrected chi connectivity index (χ4v) is 3.88. The van der Waals surface area contributed by atoms with Crippen LogP contribution in [0.1, 0.15) is 32.4 Å². The van der Waals surface area contributed by atoms with Crippen molar-refractivity contribution in [1.29, 1.82) is 0 Å². The van der Waals surface area contributed by atoms with E-state index in [1.54, 1.807) is 18.2 Å². The van der Waals surface area contributed by atoms with Crippen LogP contribution in [0.3, 0.4) is 0 Å². The number of anilines is 1. The van der Waals surface area contributed by atoms with Crippen LogP contribution in [-0.4, -0.2) is 37.7 Å². The molecule has 4 rings (SSSR count). The van der Waals surface area contributed by atoms with Gasteiger partial charge in [0.05, 0.1) is 31.0 Å². The van der Waals surface area contributed by atoms with Gasteiger partial charge in [-0.15, -0.1) is 0 Å². The molecule has 0 bridgehead atoms. The number of esters is 1. The minimum atomic E-state index is -1.82. The van der Waals surface area contributed by atoms with E-state index < -0.39 is 46.8 Å². The third-order valence-corrected chi connectivity index (χ3v) is 5.61. The number of Topliss-reactive ketones (excluding diaryl/α,β-unsaturated/α-hetero) is 2. The second kappa shape index (κ2) is 9.76. The molecule has 2 atom stereocenters. The molecule has 0 spiro atoms. The summed E-state index contributed by atoms with van der Waals surface area (Å²) in [6.45, 7) is 0. The van der Waals surface area contributed by atoms with Crippen LogP contribution in [0.5, 0.6) is 11.5 Å². The number of hydrogen-bond acceptors (Lipinski definition) is 7. The van der Waals surface area contributed by atoms with Crippen LogP contribution in [0.4, 0.5) is 10.1 Å². The van der Waals surface area contributed by atoms with E-state index in [1.165, 1.54) is 56.7 Å². The highest BCUT2D eigenvalue weighted by Crippen LogP contribution is 2.39. The lowest BCUT2D eigenvalue weighted by Gasteiger charge is -2.21. The second-order valence-corrected chi connectivity index (χ2v) is 7.62. The molecule has 9 heteroatoms. The predicted molar refractivity (Wildman–Crippen MR) is 122 cm³/mol. The van der Waals surface area contributed by atoms with Gasteiger partial charge in [0.1, 0.15) is 29.3 Å². The zero-order chi connectivity index (χ0) is 25.1. The summed E-state index contributed by atoms with van der Waals surface area (Å²) in [7, 11) is 2.80. The van der Waals surface area contributed by atoms with E-state index >= 15 is 0 Å². The average Bonchev–Trinajstić information content (AvgIpc) is 3.20. The van der Waals surface area contributed by atoms with Crippen LogP contribution in [0.25, 0.3) is 0 Å². The standard InChI is InChI=1S/C26H20FNO7/c1-33-14-11-12-20(34-2)19(13-14)28-25(31)23(30)21(22(29)17-9-5-6-10-18(17)27)24-15-7-3-4-8-16(15)26(32)35-24/h3-13,21,24H,1-2H3,(H,28,31)/t21-,24-/m0/s1. The summed E-state index contributed by atoms with van der Waals surface area (Å²) in [5, 5.41) is 2.42.